The van der Waals surface area contributed by atoms with Crippen molar-refractivity contribution >= 4 is 39.4 Å². The molecule has 0 bridgehead atoms. The number of benzene rings is 1. The summed E-state index contributed by atoms with van der Waals surface area (Å²) in [6.07, 6.45) is 7.31. The van der Waals surface area contributed by atoms with Crippen molar-refractivity contribution in [3.63, 3.8) is 0 Å². The highest BCUT2D eigenvalue weighted by Crippen LogP contribution is 2.31. The number of amides is 1. The summed E-state index contributed by atoms with van der Waals surface area (Å²) in [4.78, 5) is 43.6. The van der Waals surface area contributed by atoms with Crippen molar-refractivity contribution in [3.8, 4) is 0 Å². The van der Waals surface area contributed by atoms with Crippen LogP contribution in [0.25, 0.3) is 27.7 Å². The van der Waals surface area contributed by atoms with Gasteiger partial charge in [-0.05, 0) is 37.1 Å². The van der Waals surface area contributed by atoms with Crippen molar-refractivity contribution in [1.29, 1.82) is 0 Å². The fraction of sp³-hybridized carbons (Fsp3) is 0.367. The normalized spacial score (nSPS) is 18.3. The molecule has 41 heavy (non-hydrogen) atoms. The standard InChI is InChI=1S/C30H33N9O2/c1-35-14-5-15-38(35)17-13-33-29(41)26-27(40)21-8-9-25(37-16-10-20(19-37)22-18-31-11-12-32-22)34-28(21)39-24-7-4-3-6-23(24)36(2)30(26)39/h3-4,6-9,11-12,18,20H,5,10,13-17,19H2,1-2H3,(H,33,41). The first-order chi connectivity index (χ1) is 20.0. The average Bonchev–Trinajstić information content (AvgIpc) is 3.72. The Bertz CT molecular complexity index is 1830. The molecule has 2 fully saturated rings. The number of aryl methyl sites for hydroxylation is 1. The minimum Gasteiger partial charge on any atom is -0.356 e. The first-order valence-corrected chi connectivity index (χ1v) is 14.2. The zero-order chi connectivity index (χ0) is 28.1. The van der Waals surface area contributed by atoms with E-state index in [-0.39, 0.29) is 22.8 Å². The molecule has 1 N–H and O–H groups in total. The molecule has 0 saturated carbocycles. The number of nitrogens with zero attached hydrogens (tertiary/aromatic N) is 8. The monoisotopic (exact) mass is 551 g/mol. The number of anilines is 1. The molecule has 1 atom stereocenters. The van der Waals surface area contributed by atoms with Crippen LogP contribution in [-0.2, 0) is 7.05 Å². The molecule has 1 aromatic carbocycles. The number of aromatic nitrogens is 5. The van der Waals surface area contributed by atoms with E-state index in [0.29, 0.717) is 29.8 Å². The van der Waals surface area contributed by atoms with E-state index in [0.717, 1.165) is 61.6 Å². The lowest BCUT2D eigenvalue weighted by Gasteiger charge is -2.23. The molecule has 2 aliphatic heterocycles. The molecule has 4 aromatic heterocycles. The van der Waals surface area contributed by atoms with Crippen LogP contribution in [0.2, 0.25) is 0 Å². The number of carbonyl (C=O) groups excluding carboxylic acids is 1. The van der Waals surface area contributed by atoms with Crippen LogP contribution in [0.4, 0.5) is 5.82 Å². The number of pyridine rings is 2. The van der Waals surface area contributed by atoms with Crippen molar-refractivity contribution in [2.24, 2.45) is 7.05 Å². The van der Waals surface area contributed by atoms with Gasteiger partial charge in [0.2, 0.25) is 5.43 Å². The maximum atomic E-state index is 14.0. The van der Waals surface area contributed by atoms with Gasteiger partial charge in [-0.3, -0.25) is 24.0 Å². The summed E-state index contributed by atoms with van der Waals surface area (Å²) in [6.45, 7) is 4.76. The van der Waals surface area contributed by atoms with Crippen LogP contribution in [0.1, 0.15) is 34.8 Å². The quantitative estimate of drug-likeness (QED) is 0.343. The van der Waals surface area contributed by atoms with E-state index in [4.69, 9.17) is 4.98 Å². The molecular weight excluding hydrogens is 518 g/mol. The Morgan fingerprint density at radius 2 is 1.90 bits per heavy atom. The number of rotatable bonds is 6. The maximum absolute atomic E-state index is 14.0. The Labute approximate surface area is 237 Å². The van der Waals surface area contributed by atoms with Gasteiger partial charge in [-0.1, -0.05) is 12.1 Å². The highest BCUT2D eigenvalue weighted by molar-refractivity contribution is 6.05. The van der Waals surface area contributed by atoms with E-state index in [1.807, 2.05) is 58.6 Å². The van der Waals surface area contributed by atoms with Gasteiger partial charge >= 0.3 is 0 Å². The molecule has 6 heterocycles. The van der Waals surface area contributed by atoms with Gasteiger partial charge in [0, 0.05) is 77.9 Å². The predicted octanol–water partition coefficient (Wildman–Crippen LogP) is 2.41. The van der Waals surface area contributed by atoms with E-state index in [1.54, 1.807) is 12.4 Å². The molecule has 0 spiro atoms. The number of fused-ring (bicyclic) bond motifs is 5. The van der Waals surface area contributed by atoms with Gasteiger partial charge in [0.25, 0.3) is 5.91 Å². The summed E-state index contributed by atoms with van der Waals surface area (Å²) in [6, 6.07) is 11.6. The lowest BCUT2D eigenvalue weighted by atomic mass is 10.1. The number of hydrogen-bond acceptors (Lipinski definition) is 8. The first kappa shape index (κ1) is 25.6. The van der Waals surface area contributed by atoms with Crippen LogP contribution in [0.3, 0.4) is 0 Å². The smallest absolute Gasteiger partial charge is 0.259 e. The summed E-state index contributed by atoms with van der Waals surface area (Å²) >= 11 is 0. The first-order valence-electron chi connectivity index (χ1n) is 14.2. The van der Waals surface area contributed by atoms with Gasteiger partial charge in [0.15, 0.2) is 5.65 Å². The number of hydrazine groups is 1. The Hall–Kier alpha value is -4.35. The molecule has 210 valence electrons. The summed E-state index contributed by atoms with van der Waals surface area (Å²) in [5.41, 5.74) is 3.73. The third-order valence-electron chi connectivity index (χ3n) is 8.56. The van der Waals surface area contributed by atoms with E-state index in [1.165, 1.54) is 0 Å². The zero-order valence-electron chi connectivity index (χ0n) is 23.3. The summed E-state index contributed by atoms with van der Waals surface area (Å²) < 4.78 is 3.89. The van der Waals surface area contributed by atoms with Crippen LogP contribution in [0, 0.1) is 0 Å². The molecule has 11 nitrogen and oxygen atoms in total. The Morgan fingerprint density at radius 1 is 1.05 bits per heavy atom. The lowest BCUT2D eigenvalue weighted by Crippen LogP contribution is -2.40. The molecule has 2 aliphatic rings. The topological polar surface area (TPSA) is 104 Å². The number of carbonyl (C=O) groups is 1. The van der Waals surface area contributed by atoms with E-state index < -0.39 is 0 Å². The number of nitrogens with one attached hydrogen (secondary N) is 1. The third-order valence-corrected chi connectivity index (χ3v) is 8.56. The SMILES string of the molecule is CN1CCCN1CCNC(=O)c1c(=O)c2ccc(N3CCC(c4cnccn4)C3)nc2n2c3ccccc3n(C)c12. The zero-order valence-corrected chi connectivity index (χ0v) is 23.3. The van der Waals surface area contributed by atoms with Crippen molar-refractivity contribution in [1.82, 2.24) is 39.3 Å². The second kappa shape index (κ2) is 10.2. The van der Waals surface area contributed by atoms with Crippen molar-refractivity contribution < 1.29 is 4.79 Å². The van der Waals surface area contributed by atoms with Gasteiger partial charge in [-0.25, -0.2) is 15.0 Å². The summed E-state index contributed by atoms with van der Waals surface area (Å²) in [7, 11) is 3.96. The second-order valence-corrected chi connectivity index (χ2v) is 11.0. The van der Waals surface area contributed by atoms with Gasteiger partial charge in [0.05, 0.1) is 22.1 Å². The molecule has 1 amide bonds. The molecule has 0 aliphatic carbocycles. The number of imidazole rings is 1. The minimum absolute atomic E-state index is 0.143. The second-order valence-electron chi connectivity index (χ2n) is 11.0. The van der Waals surface area contributed by atoms with Crippen LogP contribution in [0.5, 0.6) is 0 Å². The van der Waals surface area contributed by atoms with Gasteiger partial charge in [-0.2, -0.15) is 0 Å². The van der Waals surface area contributed by atoms with Crippen LogP contribution < -0.4 is 15.6 Å². The molecule has 1 unspecified atom stereocenters. The van der Waals surface area contributed by atoms with E-state index in [9.17, 15) is 9.59 Å². The van der Waals surface area contributed by atoms with Gasteiger partial charge < -0.3 is 14.8 Å². The summed E-state index contributed by atoms with van der Waals surface area (Å²) in [5, 5.41) is 7.85. The largest absolute Gasteiger partial charge is 0.356 e. The molecule has 11 heteroatoms. The highest BCUT2D eigenvalue weighted by atomic mass is 16.2. The van der Waals surface area contributed by atoms with Crippen LogP contribution in [0.15, 0.2) is 59.8 Å². The number of hydrogen-bond donors (Lipinski definition) is 1. The molecule has 5 aromatic rings. The Balaban J connectivity index is 1.30. The van der Waals surface area contributed by atoms with E-state index in [2.05, 4.69) is 37.3 Å². The third kappa shape index (κ3) is 4.32. The highest BCUT2D eigenvalue weighted by Gasteiger charge is 2.28. The molecule has 7 rings (SSSR count). The van der Waals surface area contributed by atoms with Crippen molar-refractivity contribution in [2.75, 3.05) is 51.2 Å². The van der Waals surface area contributed by atoms with Crippen LogP contribution in [-0.4, -0.2) is 86.2 Å². The molecule has 2 saturated heterocycles. The fourth-order valence-corrected chi connectivity index (χ4v) is 6.41. The van der Waals surface area contributed by atoms with Crippen LogP contribution >= 0.6 is 0 Å². The molecule has 0 radical (unpaired) electrons. The number of para-hydroxylation sites is 2. The predicted molar refractivity (Wildman–Crippen MR) is 158 cm³/mol. The Morgan fingerprint density at radius 3 is 2.68 bits per heavy atom. The maximum Gasteiger partial charge on any atom is 0.259 e. The lowest BCUT2D eigenvalue weighted by molar-refractivity contribution is 0.0563. The Kier molecular flexibility index (Phi) is 6.40. The average molecular weight is 552 g/mol. The van der Waals surface area contributed by atoms with Crippen molar-refractivity contribution in [3.05, 3.63) is 76.5 Å². The van der Waals surface area contributed by atoms with E-state index >= 15 is 0 Å². The molecular formula is C30H33N9O2. The fourth-order valence-electron chi connectivity index (χ4n) is 6.41. The van der Waals surface area contributed by atoms with Gasteiger partial charge in [0.1, 0.15) is 17.0 Å². The summed E-state index contributed by atoms with van der Waals surface area (Å²) in [5.74, 6) is 0.711. The minimum atomic E-state index is -0.363. The van der Waals surface area contributed by atoms with Crippen molar-refractivity contribution in [2.45, 2.75) is 18.8 Å². The van der Waals surface area contributed by atoms with Gasteiger partial charge in [-0.15, -0.1) is 0 Å².